The normalized spacial score (nSPS) is 15.9. The fraction of sp³-hybridized carbons (Fsp3) is 0.750. The maximum atomic E-state index is 12.0. The number of carbonyl (C=O) groups excluding carboxylic acids is 4. The van der Waals surface area contributed by atoms with E-state index < -0.39 is 48.6 Å². The summed E-state index contributed by atoms with van der Waals surface area (Å²) in [7, 11) is 1.13. The van der Waals surface area contributed by atoms with E-state index in [1.807, 2.05) is 0 Å². The zero-order chi connectivity index (χ0) is 19.7. The summed E-state index contributed by atoms with van der Waals surface area (Å²) in [5.74, 6) is -2.95. The van der Waals surface area contributed by atoms with Crippen molar-refractivity contribution < 1.29 is 33.4 Å². The lowest BCUT2D eigenvalue weighted by molar-refractivity contribution is -0.169. The second-order valence-corrected chi connectivity index (χ2v) is 6.27. The minimum atomic E-state index is -1.63. The lowest BCUT2D eigenvalue weighted by Crippen LogP contribution is -2.46. The van der Waals surface area contributed by atoms with E-state index in [0.717, 1.165) is 7.11 Å². The van der Waals surface area contributed by atoms with Crippen molar-refractivity contribution in [1.29, 1.82) is 0 Å². The summed E-state index contributed by atoms with van der Waals surface area (Å²) in [6, 6.07) is -1.95. The minimum Gasteiger partial charge on any atom is -0.469 e. The van der Waals surface area contributed by atoms with E-state index in [2.05, 4.69) is 4.74 Å². The molecule has 0 heterocycles. The molecule has 0 fully saturated rings. The first-order valence-corrected chi connectivity index (χ1v) is 7.91. The molecule has 0 aliphatic rings. The molecule has 0 aliphatic carbocycles. The monoisotopic (exact) mass is 359 g/mol. The Balaban J connectivity index is 5.26. The molecule has 0 aromatic heterocycles. The highest BCUT2D eigenvalue weighted by molar-refractivity contribution is 5.80. The molecule has 4 N–H and O–H groups in total. The number of hydrogen-bond acceptors (Lipinski definition) is 9. The van der Waals surface area contributed by atoms with Crippen LogP contribution < -0.4 is 11.5 Å². The van der Waals surface area contributed by atoms with Gasteiger partial charge in [-0.25, -0.2) is 0 Å². The van der Waals surface area contributed by atoms with E-state index in [4.69, 9.17) is 20.9 Å². The van der Waals surface area contributed by atoms with Crippen LogP contribution in [0, 0.1) is 11.8 Å². The second kappa shape index (κ2) is 10.8. The Kier molecular flexibility index (Phi) is 9.92. The van der Waals surface area contributed by atoms with E-state index in [1.54, 1.807) is 27.7 Å². The molecule has 0 spiro atoms. The van der Waals surface area contributed by atoms with Crippen LogP contribution in [0.1, 0.15) is 34.1 Å². The summed E-state index contributed by atoms with van der Waals surface area (Å²) in [6.07, 6.45) is -2.08. The van der Waals surface area contributed by atoms with Gasteiger partial charge in [0.15, 0.2) is 6.10 Å². The fourth-order valence-electron chi connectivity index (χ4n) is 1.61. The Morgan fingerprint density at radius 3 is 1.72 bits per heavy atom. The van der Waals surface area contributed by atoms with Gasteiger partial charge in [0.1, 0.15) is 12.1 Å². The molecule has 2 unspecified atom stereocenters. The first kappa shape index (κ1) is 23.0. The van der Waals surface area contributed by atoms with Gasteiger partial charge in [-0.15, -0.1) is 0 Å². The molecule has 0 saturated carbocycles. The number of ether oxygens (including phenoxy) is 3. The van der Waals surface area contributed by atoms with Crippen LogP contribution in [0.4, 0.5) is 0 Å². The molecule has 0 aromatic rings. The third-order valence-electron chi connectivity index (χ3n) is 3.54. The average molecular weight is 359 g/mol. The van der Waals surface area contributed by atoms with Gasteiger partial charge in [-0.05, 0) is 11.8 Å². The van der Waals surface area contributed by atoms with Crippen molar-refractivity contribution in [2.75, 3.05) is 7.11 Å². The van der Waals surface area contributed by atoms with E-state index in [-0.39, 0.29) is 11.8 Å². The van der Waals surface area contributed by atoms with Crippen LogP contribution in [0.5, 0.6) is 0 Å². The van der Waals surface area contributed by atoms with Crippen LogP contribution in [-0.2, 0) is 33.4 Å². The van der Waals surface area contributed by atoms with E-state index in [0.29, 0.717) is 0 Å². The zero-order valence-corrected chi connectivity index (χ0v) is 15.2. The summed E-state index contributed by atoms with van der Waals surface area (Å²) in [6.45, 7) is 6.79. The predicted octanol–water partition coefficient (Wildman–Crippen LogP) is -0.551. The largest absolute Gasteiger partial charge is 0.469 e. The Morgan fingerprint density at radius 1 is 0.920 bits per heavy atom. The molecule has 25 heavy (non-hydrogen) atoms. The number of nitrogens with two attached hydrogens (primary N) is 2. The van der Waals surface area contributed by atoms with E-state index >= 15 is 0 Å². The van der Waals surface area contributed by atoms with Crippen LogP contribution in [0.15, 0.2) is 0 Å². The Hall–Kier alpha value is -2.00. The molecule has 0 rings (SSSR count). The second-order valence-electron chi connectivity index (χ2n) is 6.27. The molecule has 0 aromatic carbocycles. The fourth-order valence-corrected chi connectivity index (χ4v) is 1.61. The van der Waals surface area contributed by atoms with E-state index in [9.17, 15) is 19.2 Å². The molecule has 4 atom stereocenters. The highest BCUT2D eigenvalue weighted by Gasteiger charge is 2.35. The van der Waals surface area contributed by atoms with Gasteiger partial charge in [0, 0.05) is 0 Å². The number of methoxy groups -OCH3 is 1. The topological polar surface area (TPSA) is 148 Å². The highest BCUT2D eigenvalue weighted by Crippen LogP contribution is 2.13. The van der Waals surface area contributed by atoms with Gasteiger partial charge in [-0.2, -0.15) is 0 Å². The van der Waals surface area contributed by atoms with E-state index in [1.165, 1.54) is 6.29 Å². The molecule has 0 bridgehead atoms. The lowest BCUT2D eigenvalue weighted by atomic mass is 10.0. The van der Waals surface area contributed by atoms with Crippen LogP contribution in [-0.4, -0.2) is 55.6 Å². The van der Waals surface area contributed by atoms with Crippen LogP contribution in [0.3, 0.4) is 0 Å². The van der Waals surface area contributed by atoms with Gasteiger partial charge in [0.2, 0.25) is 12.4 Å². The first-order chi connectivity index (χ1) is 11.5. The maximum Gasteiger partial charge on any atom is 0.324 e. The average Bonchev–Trinajstić information content (AvgIpc) is 2.56. The van der Waals surface area contributed by atoms with Gasteiger partial charge in [0.25, 0.3) is 0 Å². The van der Waals surface area contributed by atoms with Crippen molar-refractivity contribution in [3.63, 3.8) is 0 Å². The first-order valence-electron chi connectivity index (χ1n) is 7.91. The van der Waals surface area contributed by atoms with Gasteiger partial charge in [0.05, 0.1) is 13.5 Å². The summed E-state index contributed by atoms with van der Waals surface area (Å²) in [5.41, 5.74) is 11.3. The van der Waals surface area contributed by atoms with Crippen molar-refractivity contribution in [3.8, 4) is 0 Å². The summed E-state index contributed by atoms with van der Waals surface area (Å²) >= 11 is 0. The molecular weight excluding hydrogens is 332 g/mol. The molecule has 0 aliphatic heterocycles. The Labute approximate surface area is 147 Å². The Bertz CT molecular complexity index is 479. The molecule has 9 nitrogen and oxygen atoms in total. The van der Waals surface area contributed by atoms with Crippen molar-refractivity contribution in [1.82, 2.24) is 0 Å². The predicted molar refractivity (Wildman–Crippen MR) is 87.7 cm³/mol. The van der Waals surface area contributed by atoms with Crippen molar-refractivity contribution >= 4 is 24.2 Å². The zero-order valence-electron chi connectivity index (χ0n) is 15.2. The van der Waals surface area contributed by atoms with Gasteiger partial charge >= 0.3 is 17.9 Å². The molecule has 143 valence electrons. The van der Waals surface area contributed by atoms with Gasteiger partial charge in [-0.1, -0.05) is 27.7 Å². The number of carbonyl (C=O) groups is 3. The molecule has 0 amide bonds. The van der Waals surface area contributed by atoms with Crippen molar-refractivity contribution in [2.24, 2.45) is 23.3 Å². The lowest BCUT2D eigenvalue weighted by Gasteiger charge is -2.25. The van der Waals surface area contributed by atoms with Crippen LogP contribution in [0.25, 0.3) is 0 Å². The summed E-state index contributed by atoms with van der Waals surface area (Å²) in [5, 5.41) is 0. The smallest absolute Gasteiger partial charge is 0.324 e. The maximum absolute atomic E-state index is 12.0. The number of rotatable bonds is 10. The molecule has 1 radical (unpaired) electrons. The number of hydrogen-bond donors (Lipinski definition) is 2. The summed E-state index contributed by atoms with van der Waals surface area (Å²) < 4.78 is 14.6. The molecule has 9 heteroatoms. The summed E-state index contributed by atoms with van der Waals surface area (Å²) in [4.78, 5) is 46.7. The van der Waals surface area contributed by atoms with Gasteiger partial charge in [-0.3, -0.25) is 19.2 Å². The standard InChI is InChI=1S/C16H27N2O7/c1-8(2)13(17)15(21)24-10(6-12(20)23-5)11(7-19)25-16(22)14(18)9(3)4/h8-11,13-14H,6,17-18H2,1-5H3/t10?,11?,13-,14-/m0/s1. The quantitative estimate of drug-likeness (QED) is 0.387. The minimum absolute atomic E-state index is 0.234. The SMILES string of the molecule is COC(=O)CC(OC(=O)[C@@H](N)C(C)C)C([C]=O)OC(=O)[C@@H](N)C(C)C. The van der Waals surface area contributed by atoms with Gasteiger partial charge < -0.3 is 25.7 Å². The number of esters is 3. The van der Waals surface area contributed by atoms with Crippen LogP contribution in [0.2, 0.25) is 0 Å². The van der Waals surface area contributed by atoms with Crippen LogP contribution >= 0.6 is 0 Å². The molecule has 0 saturated heterocycles. The van der Waals surface area contributed by atoms with Crippen molar-refractivity contribution in [2.45, 2.75) is 58.4 Å². The Morgan fingerprint density at radius 2 is 1.36 bits per heavy atom. The third kappa shape index (κ3) is 7.61. The highest BCUT2D eigenvalue weighted by atomic mass is 16.6. The van der Waals surface area contributed by atoms with Crippen molar-refractivity contribution in [3.05, 3.63) is 0 Å². The third-order valence-corrected chi connectivity index (χ3v) is 3.54. The molecular formula is C16H27N2O7.